The third-order valence-corrected chi connectivity index (χ3v) is 6.88. The van der Waals surface area contributed by atoms with Gasteiger partial charge in [-0.15, -0.1) is 0 Å². The van der Waals surface area contributed by atoms with Crippen LogP contribution in [0.3, 0.4) is 0 Å². The van der Waals surface area contributed by atoms with E-state index in [0.29, 0.717) is 17.1 Å². The molecule has 0 aliphatic heterocycles. The molecule has 2 aromatic heterocycles. The molecule has 44 heavy (non-hydrogen) atoms. The summed E-state index contributed by atoms with van der Waals surface area (Å²) in [5, 5.41) is 0. The molecule has 1 amide bonds. The number of amides is 1. The maximum atomic E-state index is 14.5. The average molecular weight is 592 g/mol. The van der Waals surface area contributed by atoms with E-state index in [4.69, 9.17) is 18.9 Å². The zero-order valence-corrected chi connectivity index (χ0v) is 24.8. The SMILES string of the molecule is CCOC(=O)c1c(OCc2ccccc2)c(OCc2ccccc2)c(C(=O)N(C)c2cccnc2)n1-c1ccc(OC)cc1. The predicted octanol–water partition coefficient (Wildman–Crippen LogP) is 6.49. The van der Waals surface area contributed by atoms with Crippen LogP contribution in [0.15, 0.2) is 109 Å². The normalized spacial score (nSPS) is 10.6. The highest BCUT2D eigenvalue weighted by atomic mass is 16.5. The van der Waals surface area contributed by atoms with Gasteiger partial charge in [0.2, 0.25) is 0 Å². The molecule has 0 spiro atoms. The Labute approximate surface area is 256 Å². The zero-order valence-electron chi connectivity index (χ0n) is 24.8. The van der Waals surface area contributed by atoms with Gasteiger partial charge in [0, 0.05) is 18.9 Å². The van der Waals surface area contributed by atoms with Gasteiger partial charge in [-0.3, -0.25) is 14.3 Å². The van der Waals surface area contributed by atoms with Crippen molar-refractivity contribution in [2.24, 2.45) is 0 Å². The first-order chi connectivity index (χ1) is 21.5. The summed E-state index contributed by atoms with van der Waals surface area (Å²) in [6, 6.07) is 29.6. The zero-order chi connectivity index (χ0) is 30.9. The second-order valence-corrected chi connectivity index (χ2v) is 9.73. The van der Waals surface area contributed by atoms with Gasteiger partial charge in [0.1, 0.15) is 19.0 Å². The molecule has 9 heteroatoms. The van der Waals surface area contributed by atoms with Crippen molar-refractivity contribution >= 4 is 17.6 Å². The minimum atomic E-state index is -0.668. The number of methoxy groups -OCH3 is 1. The van der Waals surface area contributed by atoms with Crippen molar-refractivity contribution < 1.29 is 28.5 Å². The number of aromatic nitrogens is 2. The van der Waals surface area contributed by atoms with Crippen LogP contribution in [0.5, 0.6) is 17.2 Å². The number of esters is 1. The van der Waals surface area contributed by atoms with Crippen LogP contribution >= 0.6 is 0 Å². The summed E-state index contributed by atoms with van der Waals surface area (Å²) in [6.07, 6.45) is 3.22. The smallest absolute Gasteiger partial charge is 0.359 e. The molecule has 0 bridgehead atoms. The fourth-order valence-electron chi connectivity index (χ4n) is 4.65. The number of carbonyl (C=O) groups is 2. The Bertz CT molecular complexity index is 1690. The summed E-state index contributed by atoms with van der Waals surface area (Å²) in [5.74, 6) is -0.289. The summed E-state index contributed by atoms with van der Waals surface area (Å²) in [5.41, 5.74) is 2.92. The molecular formula is C35H33N3O6. The first-order valence-corrected chi connectivity index (χ1v) is 14.1. The number of rotatable bonds is 12. The van der Waals surface area contributed by atoms with Crippen LogP contribution in [0, 0.1) is 0 Å². The fourth-order valence-corrected chi connectivity index (χ4v) is 4.65. The number of nitrogens with zero attached hydrogens (tertiary/aromatic N) is 3. The van der Waals surface area contributed by atoms with Crippen molar-refractivity contribution in [1.82, 2.24) is 9.55 Å². The predicted molar refractivity (Wildman–Crippen MR) is 167 cm³/mol. The van der Waals surface area contributed by atoms with Crippen LogP contribution in [-0.2, 0) is 18.0 Å². The summed E-state index contributed by atoms with van der Waals surface area (Å²) in [7, 11) is 3.21. The van der Waals surface area contributed by atoms with E-state index in [1.165, 1.54) is 9.47 Å². The molecule has 5 rings (SSSR count). The third kappa shape index (κ3) is 6.57. The number of anilines is 1. The lowest BCUT2D eigenvalue weighted by Gasteiger charge is -2.20. The number of hydrogen-bond acceptors (Lipinski definition) is 7. The molecule has 0 unspecified atom stereocenters. The molecule has 0 N–H and O–H groups in total. The van der Waals surface area contributed by atoms with E-state index in [0.717, 1.165) is 11.1 Å². The number of hydrogen-bond donors (Lipinski definition) is 0. The molecule has 2 heterocycles. The van der Waals surface area contributed by atoms with Crippen molar-refractivity contribution in [3.05, 3.63) is 132 Å². The van der Waals surface area contributed by atoms with E-state index in [9.17, 15) is 9.59 Å². The highest BCUT2D eigenvalue weighted by molar-refractivity contribution is 6.10. The topological polar surface area (TPSA) is 92.1 Å². The van der Waals surface area contributed by atoms with Gasteiger partial charge in [-0.1, -0.05) is 60.7 Å². The Morgan fingerprint density at radius 1 is 0.773 bits per heavy atom. The molecule has 224 valence electrons. The van der Waals surface area contributed by atoms with E-state index in [1.807, 2.05) is 60.7 Å². The van der Waals surface area contributed by atoms with E-state index < -0.39 is 11.9 Å². The van der Waals surface area contributed by atoms with Gasteiger partial charge in [-0.2, -0.15) is 0 Å². The molecule has 0 aliphatic rings. The van der Waals surface area contributed by atoms with Crippen molar-refractivity contribution in [2.75, 3.05) is 25.7 Å². The molecule has 5 aromatic rings. The molecule has 0 aliphatic carbocycles. The average Bonchev–Trinajstić information content (AvgIpc) is 3.41. The van der Waals surface area contributed by atoms with Gasteiger partial charge in [-0.05, 0) is 54.4 Å². The Hall–Kier alpha value is -5.57. The van der Waals surface area contributed by atoms with Crippen LogP contribution in [-0.4, -0.2) is 42.2 Å². The van der Waals surface area contributed by atoms with Gasteiger partial charge < -0.3 is 23.8 Å². The molecule has 0 saturated carbocycles. The van der Waals surface area contributed by atoms with Gasteiger partial charge >= 0.3 is 5.97 Å². The Balaban J connectivity index is 1.75. The Morgan fingerprint density at radius 2 is 1.36 bits per heavy atom. The van der Waals surface area contributed by atoms with Gasteiger partial charge in [0.15, 0.2) is 22.9 Å². The summed E-state index contributed by atoms with van der Waals surface area (Å²) in [4.78, 5) is 33.9. The minimum absolute atomic E-state index is 0.0268. The summed E-state index contributed by atoms with van der Waals surface area (Å²) >= 11 is 0. The lowest BCUT2D eigenvalue weighted by Crippen LogP contribution is -2.29. The van der Waals surface area contributed by atoms with Crippen molar-refractivity contribution in [1.29, 1.82) is 0 Å². The quantitative estimate of drug-likeness (QED) is 0.153. The van der Waals surface area contributed by atoms with Gasteiger partial charge in [-0.25, -0.2) is 4.79 Å². The molecule has 9 nitrogen and oxygen atoms in total. The third-order valence-electron chi connectivity index (χ3n) is 6.88. The molecule has 0 radical (unpaired) electrons. The highest BCUT2D eigenvalue weighted by Crippen LogP contribution is 2.43. The Kier molecular flexibility index (Phi) is 9.56. The van der Waals surface area contributed by atoms with E-state index in [2.05, 4.69) is 4.98 Å². The van der Waals surface area contributed by atoms with Crippen LogP contribution < -0.4 is 19.1 Å². The van der Waals surface area contributed by atoms with Gasteiger partial charge in [0.05, 0.1) is 25.6 Å². The monoisotopic (exact) mass is 591 g/mol. The second-order valence-electron chi connectivity index (χ2n) is 9.73. The standard InChI is InChI=1S/C35H33N3O6/c1-4-42-35(40)31-33(44-24-26-14-9-6-10-15-26)32(43-23-25-12-7-5-8-13-25)30(34(39)37(2)28-16-11-21-36-22-28)38(31)27-17-19-29(41-3)20-18-27/h5-22H,4,23-24H2,1-3H3. The number of pyridine rings is 1. The highest BCUT2D eigenvalue weighted by Gasteiger charge is 2.36. The molecule has 3 aromatic carbocycles. The maximum absolute atomic E-state index is 14.5. The number of carbonyl (C=O) groups excluding carboxylic acids is 2. The molecule has 0 saturated heterocycles. The van der Waals surface area contributed by atoms with Crippen molar-refractivity contribution in [2.45, 2.75) is 20.1 Å². The Morgan fingerprint density at radius 3 is 1.89 bits per heavy atom. The summed E-state index contributed by atoms with van der Waals surface area (Å²) < 4.78 is 25.2. The molecule has 0 atom stereocenters. The van der Waals surface area contributed by atoms with Crippen molar-refractivity contribution in [3.8, 4) is 22.9 Å². The van der Waals surface area contributed by atoms with Crippen LogP contribution in [0.1, 0.15) is 39.0 Å². The lowest BCUT2D eigenvalue weighted by atomic mass is 10.2. The minimum Gasteiger partial charge on any atom is -0.497 e. The lowest BCUT2D eigenvalue weighted by molar-refractivity contribution is 0.0511. The largest absolute Gasteiger partial charge is 0.497 e. The van der Waals surface area contributed by atoms with Crippen LogP contribution in [0.2, 0.25) is 0 Å². The first kappa shape index (κ1) is 29.9. The van der Waals surface area contributed by atoms with E-state index >= 15 is 0 Å². The second kappa shape index (κ2) is 14.1. The molecule has 0 fully saturated rings. The van der Waals surface area contributed by atoms with Crippen LogP contribution in [0.4, 0.5) is 5.69 Å². The number of ether oxygens (including phenoxy) is 4. The molecular weight excluding hydrogens is 558 g/mol. The van der Waals surface area contributed by atoms with Crippen molar-refractivity contribution in [3.63, 3.8) is 0 Å². The van der Waals surface area contributed by atoms with Crippen LogP contribution in [0.25, 0.3) is 5.69 Å². The summed E-state index contributed by atoms with van der Waals surface area (Å²) in [6.45, 7) is 2.07. The first-order valence-electron chi connectivity index (χ1n) is 14.1. The van der Waals surface area contributed by atoms with Gasteiger partial charge in [0.25, 0.3) is 5.91 Å². The number of benzene rings is 3. The fraction of sp³-hybridized carbons (Fsp3) is 0.171. The maximum Gasteiger partial charge on any atom is 0.359 e. The van der Waals surface area contributed by atoms with E-state index in [-0.39, 0.29) is 42.7 Å². The van der Waals surface area contributed by atoms with E-state index in [1.54, 1.807) is 69.9 Å².